The zero-order chi connectivity index (χ0) is 19.4. The predicted molar refractivity (Wildman–Crippen MR) is 102 cm³/mol. The van der Waals surface area contributed by atoms with Gasteiger partial charge in [-0.3, -0.25) is 4.79 Å². The van der Waals surface area contributed by atoms with Crippen LogP contribution >= 0.6 is 0 Å². The molecule has 0 rings (SSSR count). The highest BCUT2D eigenvalue weighted by atomic mass is 16.5. The van der Waals surface area contributed by atoms with E-state index in [4.69, 9.17) is 9.47 Å². The molecule has 0 aliphatic carbocycles. The standard InChI is InChI=1S/C21H42O3/c1-16(2)23-13-12-20(8,9)24-21(10,11)15-19(6,7)14-17(22)18(3,4)5/h16H,12-15H2,1-11H3. The Balaban J connectivity index is 4.73. The minimum atomic E-state index is -0.289. The first kappa shape index (κ1) is 23.6. The molecule has 0 aromatic heterocycles. The van der Waals surface area contributed by atoms with Gasteiger partial charge in [0, 0.05) is 18.4 Å². The van der Waals surface area contributed by atoms with Crippen LogP contribution in [0.1, 0.15) is 95.4 Å². The quantitative estimate of drug-likeness (QED) is 0.503. The van der Waals surface area contributed by atoms with Crippen molar-refractivity contribution in [3.63, 3.8) is 0 Å². The van der Waals surface area contributed by atoms with Crippen LogP contribution in [0.4, 0.5) is 0 Å². The first-order chi connectivity index (χ1) is 10.5. The molecule has 0 bridgehead atoms. The second-order valence-corrected chi connectivity index (χ2v) is 10.5. The van der Waals surface area contributed by atoms with Gasteiger partial charge in [-0.05, 0) is 59.8 Å². The lowest BCUT2D eigenvalue weighted by Gasteiger charge is -2.41. The number of hydrogen-bond donors (Lipinski definition) is 0. The van der Waals surface area contributed by atoms with Crippen LogP contribution in [0.15, 0.2) is 0 Å². The van der Waals surface area contributed by atoms with Gasteiger partial charge in [-0.25, -0.2) is 0 Å². The molecule has 0 aliphatic rings. The summed E-state index contributed by atoms with van der Waals surface area (Å²) in [5.74, 6) is 0.313. The molecule has 3 heteroatoms. The maximum atomic E-state index is 12.4. The first-order valence-electron chi connectivity index (χ1n) is 9.31. The average Bonchev–Trinajstić information content (AvgIpc) is 2.21. The molecule has 0 spiro atoms. The number of carbonyl (C=O) groups is 1. The van der Waals surface area contributed by atoms with E-state index in [2.05, 4.69) is 41.5 Å². The molecule has 0 saturated heterocycles. The Labute approximate surface area is 150 Å². The van der Waals surface area contributed by atoms with Crippen molar-refractivity contribution in [2.45, 2.75) is 113 Å². The Morgan fingerprint density at radius 3 is 1.79 bits per heavy atom. The molecular formula is C21H42O3. The molecule has 24 heavy (non-hydrogen) atoms. The molecule has 0 saturated carbocycles. The van der Waals surface area contributed by atoms with Gasteiger partial charge in [-0.1, -0.05) is 34.6 Å². The van der Waals surface area contributed by atoms with Crippen molar-refractivity contribution in [2.75, 3.05) is 6.61 Å². The summed E-state index contributed by atoms with van der Waals surface area (Å²) in [6, 6.07) is 0. The molecule has 144 valence electrons. The molecular weight excluding hydrogens is 300 g/mol. The van der Waals surface area contributed by atoms with Crippen molar-refractivity contribution >= 4 is 5.78 Å². The van der Waals surface area contributed by atoms with E-state index in [0.717, 1.165) is 12.8 Å². The number of ketones is 1. The lowest BCUT2D eigenvalue weighted by Crippen LogP contribution is -2.41. The normalized spacial score (nSPS) is 14.3. The summed E-state index contributed by atoms with van der Waals surface area (Å²) < 4.78 is 12.1. The SMILES string of the molecule is CC(C)OCCC(C)(C)OC(C)(C)CC(C)(C)CC(=O)C(C)(C)C. The highest BCUT2D eigenvalue weighted by Gasteiger charge is 2.37. The van der Waals surface area contributed by atoms with Crippen molar-refractivity contribution in [2.24, 2.45) is 10.8 Å². The summed E-state index contributed by atoms with van der Waals surface area (Å²) in [5, 5.41) is 0. The van der Waals surface area contributed by atoms with Gasteiger partial charge < -0.3 is 9.47 Å². The van der Waals surface area contributed by atoms with E-state index in [1.165, 1.54) is 0 Å². The van der Waals surface area contributed by atoms with Gasteiger partial charge >= 0.3 is 0 Å². The van der Waals surface area contributed by atoms with E-state index < -0.39 is 0 Å². The maximum absolute atomic E-state index is 12.4. The zero-order valence-electron chi connectivity index (χ0n) is 18.1. The molecule has 0 aliphatic heterocycles. The van der Waals surface area contributed by atoms with Gasteiger partial charge in [-0.15, -0.1) is 0 Å². The Kier molecular flexibility index (Phi) is 8.17. The van der Waals surface area contributed by atoms with E-state index in [-0.39, 0.29) is 28.1 Å². The van der Waals surface area contributed by atoms with Crippen LogP contribution in [0, 0.1) is 10.8 Å². The van der Waals surface area contributed by atoms with E-state index in [1.807, 2.05) is 34.6 Å². The van der Waals surface area contributed by atoms with E-state index in [9.17, 15) is 4.79 Å². The lowest BCUT2D eigenvalue weighted by molar-refractivity contribution is -0.150. The number of hydrogen-bond acceptors (Lipinski definition) is 3. The molecule has 0 N–H and O–H groups in total. The third-order valence-corrected chi connectivity index (χ3v) is 4.09. The third kappa shape index (κ3) is 10.5. The van der Waals surface area contributed by atoms with Crippen molar-refractivity contribution in [1.29, 1.82) is 0 Å². The molecule has 0 amide bonds. The summed E-state index contributed by atoms with van der Waals surface area (Å²) in [6.45, 7) is 23.6. The molecule has 0 aromatic rings. The smallest absolute Gasteiger partial charge is 0.138 e. The summed E-state index contributed by atoms with van der Waals surface area (Å²) in [6.07, 6.45) is 2.53. The molecule has 0 unspecified atom stereocenters. The fourth-order valence-corrected chi connectivity index (χ4v) is 3.29. The Morgan fingerprint density at radius 2 is 1.38 bits per heavy atom. The Morgan fingerprint density at radius 1 is 0.875 bits per heavy atom. The van der Waals surface area contributed by atoms with Crippen LogP contribution in [0.2, 0.25) is 0 Å². The number of ether oxygens (including phenoxy) is 2. The fraction of sp³-hybridized carbons (Fsp3) is 0.952. The summed E-state index contributed by atoms with van der Waals surface area (Å²) in [4.78, 5) is 12.4. The molecule has 0 aromatic carbocycles. The Hall–Kier alpha value is -0.410. The minimum absolute atomic E-state index is 0.0849. The second-order valence-electron chi connectivity index (χ2n) is 10.5. The lowest BCUT2D eigenvalue weighted by atomic mass is 9.73. The largest absolute Gasteiger partial charge is 0.379 e. The van der Waals surface area contributed by atoms with Gasteiger partial charge in [0.2, 0.25) is 0 Å². The average molecular weight is 343 g/mol. The zero-order valence-corrected chi connectivity index (χ0v) is 18.1. The third-order valence-electron chi connectivity index (χ3n) is 4.09. The van der Waals surface area contributed by atoms with Crippen LogP contribution in [0.5, 0.6) is 0 Å². The monoisotopic (exact) mass is 342 g/mol. The van der Waals surface area contributed by atoms with Crippen LogP contribution in [-0.2, 0) is 14.3 Å². The maximum Gasteiger partial charge on any atom is 0.138 e. The van der Waals surface area contributed by atoms with Gasteiger partial charge in [0.15, 0.2) is 0 Å². The van der Waals surface area contributed by atoms with E-state index in [0.29, 0.717) is 18.8 Å². The molecule has 0 radical (unpaired) electrons. The summed E-state index contributed by atoms with van der Waals surface area (Å²) in [7, 11) is 0. The van der Waals surface area contributed by atoms with Gasteiger partial charge in [0.25, 0.3) is 0 Å². The first-order valence-corrected chi connectivity index (χ1v) is 9.31. The van der Waals surface area contributed by atoms with Crippen LogP contribution in [0.3, 0.4) is 0 Å². The van der Waals surface area contributed by atoms with Crippen LogP contribution in [0.25, 0.3) is 0 Å². The number of Topliss-reactive ketones (excluding diaryl/α,β-unsaturated/α-hetero) is 1. The van der Waals surface area contributed by atoms with Crippen molar-refractivity contribution in [1.82, 2.24) is 0 Å². The van der Waals surface area contributed by atoms with Gasteiger partial charge in [0.05, 0.1) is 17.3 Å². The van der Waals surface area contributed by atoms with Gasteiger partial charge in [0.1, 0.15) is 5.78 Å². The molecule has 0 heterocycles. The van der Waals surface area contributed by atoms with Crippen molar-refractivity contribution < 1.29 is 14.3 Å². The van der Waals surface area contributed by atoms with Crippen LogP contribution < -0.4 is 0 Å². The highest BCUT2D eigenvalue weighted by Crippen LogP contribution is 2.38. The summed E-state index contributed by atoms with van der Waals surface area (Å²) in [5.41, 5.74) is -0.903. The minimum Gasteiger partial charge on any atom is -0.379 e. The van der Waals surface area contributed by atoms with Gasteiger partial charge in [-0.2, -0.15) is 0 Å². The van der Waals surface area contributed by atoms with Crippen molar-refractivity contribution in [3.8, 4) is 0 Å². The topological polar surface area (TPSA) is 35.5 Å². The van der Waals surface area contributed by atoms with E-state index in [1.54, 1.807) is 0 Å². The molecule has 3 nitrogen and oxygen atoms in total. The highest BCUT2D eigenvalue weighted by molar-refractivity contribution is 5.84. The van der Waals surface area contributed by atoms with Crippen molar-refractivity contribution in [3.05, 3.63) is 0 Å². The molecule has 0 atom stereocenters. The Bertz CT molecular complexity index is 398. The second kappa shape index (κ2) is 8.31. The molecule has 0 fully saturated rings. The summed E-state index contributed by atoms with van der Waals surface area (Å²) >= 11 is 0. The van der Waals surface area contributed by atoms with E-state index >= 15 is 0 Å². The van der Waals surface area contributed by atoms with Crippen LogP contribution in [-0.4, -0.2) is 29.7 Å². The predicted octanol–water partition coefficient (Wildman–Crippen LogP) is 5.80. The number of carbonyl (C=O) groups excluding carboxylic acids is 1. The number of rotatable bonds is 10. The fourth-order valence-electron chi connectivity index (χ4n) is 3.29.